The number of benzene rings is 2. The minimum Gasteiger partial charge on any atom is -0.497 e. The van der Waals surface area contributed by atoms with Crippen molar-refractivity contribution in [3.8, 4) is 5.75 Å². The van der Waals surface area contributed by atoms with Crippen LogP contribution in [0.3, 0.4) is 0 Å². The summed E-state index contributed by atoms with van der Waals surface area (Å²) in [6.45, 7) is 0.237. The number of anilines is 1. The SMILES string of the molecule is COc1ccc(C2C3=C(COC3O)Nc3ccc4n[nH]nc4c32)c(F)c1. The zero-order chi connectivity index (χ0) is 17.8. The lowest BCUT2D eigenvalue weighted by molar-refractivity contribution is -0.0479. The summed E-state index contributed by atoms with van der Waals surface area (Å²) in [5, 5.41) is 24.6. The Hall–Kier alpha value is -2.97. The molecule has 3 aromatic rings. The fraction of sp³-hybridized carbons (Fsp3) is 0.222. The number of aliphatic hydroxyl groups excluding tert-OH is 1. The highest BCUT2D eigenvalue weighted by molar-refractivity contribution is 5.87. The number of halogens is 1. The van der Waals surface area contributed by atoms with Crippen LogP contribution in [0.1, 0.15) is 17.0 Å². The van der Waals surface area contributed by atoms with Gasteiger partial charge in [0.05, 0.1) is 13.7 Å². The average Bonchev–Trinajstić information content (AvgIpc) is 3.27. The highest BCUT2D eigenvalue weighted by atomic mass is 19.1. The van der Waals surface area contributed by atoms with Crippen molar-refractivity contribution in [1.82, 2.24) is 15.4 Å². The molecular weight excluding hydrogens is 339 g/mol. The molecule has 3 N–H and O–H groups in total. The van der Waals surface area contributed by atoms with Gasteiger partial charge in [-0.1, -0.05) is 6.07 Å². The summed E-state index contributed by atoms with van der Waals surface area (Å²) in [7, 11) is 1.49. The number of aliphatic hydroxyl groups is 1. The summed E-state index contributed by atoms with van der Waals surface area (Å²) in [4.78, 5) is 0. The molecule has 132 valence electrons. The first-order valence-corrected chi connectivity index (χ1v) is 8.14. The van der Waals surface area contributed by atoms with E-state index in [1.165, 1.54) is 13.2 Å². The zero-order valence-corrected chi connectivity index (χ0v) is 13.8. The van der Waals surface area contributed by atoms with Crippen molar-refractivity contribution >= 4 is 16.7 Å². The van der Waals surface area contributed by atoms with Crippen molar-refractivity contribution in [3.63, 3.8) is 0 Å². The molecule has 0 fully saturated rings. The lowest BCUT2D eigenvalue weighted by Gasteiger charge is -2.30. The van der Waals surface area contributed by atoms with E-state index in [9.17, 15) is 9.50 Å². The molecule has 0 spiro atoms. The van der Waals surface area contributed by atoms with Crippen LogP contribution in [0.15, 0.2) is 41.6 Å². The van der Waals surface area contributed by atoms with Gasteiger partial charge in [-0.05, 0) is 18.2 Å². The van der Waals surface area contributed by atoms with E-state index in [4.69, 9.17) is 9.47 Å². The van der Waals surface area contributed by atoms with E-state index in [0.29, 0.717) is 27.9 Å². The van der Waals surface area contributed by atoms with Crippen LogP contribution in [0.5, 0.6) is 5.75 Å². The molecule has 7 nitrogen and oxygen atoms in total. The number of hydrogen-bond acceptors (Lipinski definition) is 6. The number of ether oxygens (including phenoxy) is 2. The fourth-order valence-corrected chi connectivity index (χ4v) is 3.75. The lowest BCUT2D eigenvalue weighted by atomic mass is 9.80. The van der Waals surface area contributed by atoms with Crippen molar-refractivity contribution in [1.29, 1.82) is 0 Å². The Kier molecular flexibility index (Phi) is 3.25. The molecule has 0 amide bonds. The third kappa shape index (κ3) is 2.06. The Morgan fingerprint density at radius 2 is 2.15 bits per heavy atom. The number of nitrogens with zero attached hydrogens (tertiary/aromatic N) is 2. The maximum absolute atomic E-state index is 14.9. The molecule has 8 heteroatoms. The molecular formula is C18H15FN4O3. The molecule has 2 aliphatic rings. The fourth-order valence-electron chi connectivity index (χ4n) is 3.75. The van der Waals surface area contributed by atoms with E-state index in [-0.39, 0.29) is 6.61 Å². The van der Waals surface area contributed by atoms with Gasteiger partial charge < -0.3 is 19.9 Å². The summed E-state index contributed by atoms with van der Waals surface area (Å²) < 4.78 is 25.4. The Bertz CT molecular complexity index is 1060. The van der Waals surface area contributed by atoms with Crippen LogP contribution in [-0.4, -0.2) is 40.5 Å². The van der Waals surface area contributed by atoms with Gasteiger partial charge in [-0.15, -0.1) is 0 Å². The van der Waals surface area contributed by atoms with Crippen molar-refractivity contribution in [2.75, 3.05) is 19.0 Å². The van der Waals surface area contributed by atoms with Crippen molar-refractivity contribution in [2.45, 2.75) is 12.2 Å². The number of methoxy groups -OCH3 is 1. The predicted octanol–water partition coefficient (Wildman–Crippen LogP) is 2.27. The van der Waals surface area contributed by atoms with Crippen LogP contribution in [0.2, 0.25) is 0 Å². The first-order chi connectivity index (χ1) is 12.7. The summed E-state index contributed by atoms with van der Waals surface area (Å²) in [5.41, 5.74) is 4.60. The van der Waals surface area contributed by atoms with Gasteiger partial charge in [0.2, 0.25) is 0 Å². The van der Waals surface area contributed by atoms with Gasteiger partial charge in [0.15, 0.2) is 6.29 Å². The smallest absolute Gasteiger partial charge is 0.180 e. The second-order valence-corrected chi connectivity index (χ2v) is 6.26. The molecule has 26 heavy (non-hydrogen) atoms. The molecule has 2 unspecified atom stereocenters. The molecule has 0 aliphatic carbocycles. The number of aromatic amines is 1. The zero-order valence-electron chi connectivity index (χ0n) is 13.8. The molecule has 0 bridgehead atoms. The molecule has 0 radical (unpaired) electrons. The van der Waals surface area contributed by atoms with Gasteiger partial charge >= 0.3 is 0 Å². The van der Waals surface area contributed by atoms with Crippen LogP contribution < -0.4 is 10.1 Å². The Morgan fingerprint density at radius 3 is 2.96 bits per heavy atom. The summed E-state index contributed by atoms with van der Waals surface area (Å²) in [6, 6.07) is 8.42. The van der Waals surface area contributed by atoms with Gasteiger partial charge in [-0.25, -0.2) is 4.39 Å². The number of rotatable bonds is 2. The number of H-pyrrole nitrogens is 1. The predicted molar refractivity (Wildman–Crippen MR) is 91.3 cm³/mol. The van der Waals surface area contributed by atoms with Gasteiger partial charge in [-0.3, -0.25) is 0 Å². The third-order valence-electron chi connectivity index (χ3n) is 4.93. The summed E-state index contributed by atoms with van der Waals surface area (Å²) in [6.07, 6.45) is -1.11. The van der Waals surface area contributed by atoms with E-state index >= 15 is 0 Å². The maximum Gasteiger partial charge on any atom is 0.180 e. The van der Waals surface area contributed by atoms with Crippen LogP contribution in [0.25, 0.3) is 11.0 Å². The van der Waals surface area contributed by atoms with E-state index < -0.39 is 18.0 Å². The van der Waals surface area contributed by atoms with E-state index in [2.05, 4.69) is 20.7 Å². The van der Waals surface area contributed by atoms with Crippen LogP contribution >= 0.6 is 0 Å². The van der Waals surface area contributed by atoms with Crippen molar-refractivity contribution in [2.24, 2.45) is 0 Å². The van der Waals surface area contributed by atoms with E-state index in [0.717, 1.165) is 16.9 Å². The van der Waals surface area contributed by atoms with Gasteiger partial charge in [-0.2, -0.15) is 15.4 Å². The van der Waals surface area contributed by atoms with Crippen LogP contribution in [-0.2, 0) is 4.74 Å². The normalized spacial score (nSPS) is 21.5. The third-order valence-corrected chi connectivity index (χ3v) is 4.93. The van der Waals surface area contributed by atoms with Gasteiger partial charge in [0.1, 0.15) is 22.6 Å². The second kappa shape index (κ2) is 5.52. The van der Waals surface area contributed by atoms with Gasteiger partial charge in [0.25, 0.3) is 0 Å². The minimum atomic E-state index is -1.11. The van der Waals surface area contributed by atoms with E-state index in [1.807, 2.05) is 12.1 Å². The standard InChI is InChI=1S/C18H15FN4O3/c1-25-8-2-3-9(10(19)6-8)14-15-11(4-5-12-17(15)22-23-21-12)20-13-7-26-18(24)16(13)14/h2-6,14,18,20,24H,7H2,1H3,(H,21,22,23). The Morgan fingerprint density at radius 1 is 1.27 bits per heavy atom. The first kappa shape index (κ1) is 15.3. The monoisotopic (exact) mass is 354 g/mol. The highest BCUT2D eigenvalue weighted by Gasteiger charge is 2.40. The number of fused-ring (bicyclic) bond motifs is 3. The number of hydrogen-bond donors (Lipinski definition) is 3. The molecule has 2 aliphatic heterocycles. The molecule has 0 saturated heterocycles. The number of aromatic nitrogens is 3. The van der Waals surface area contributed by atoms with E-state index in [1.54, 1.807) is 12.1 Å². The van der Waals surface area contributed by atoms with Crippen molar-refractivity contribution in [3.05, 3.63) is 58.5 Å². The second-order valence-electron chi connectivity index (χ2n) is 6.26. The summed E-state index contributed by atoms with van der Waals surface area (Å²) >= 11 is 0. The molecule has 0 saturated carbocycles. The molecule has 5 rings (SSSR count). The number of nitrogens with one attached hydrogen (secondary N) is 2. The summed E-state index contributed by atoms with van der Waals surface area (Å²) in [5.74, 6) is -0.537. The van der Waals surface area contributed by atoms with Crippen LogP contribution in [0.4, 0.5) is 10.1 Å². The highest BCUT2D eigenvalue weighted by Crippen LogP contribution is 2.48. The largest absolute Gasteiger partial charge is 0.497 e. The topological polar surface area (TPSA) is 92.3 Å². The molecule has 1 aromatic heterocycles. The van der Waals surface area contributed by atoms with Gasteiger partial charge in [0, 0.05) is 40.1 Å². The molecule has 2 aromatic carbocycles. The average molecular weight is 354 g/mol. The Labute approximate surface area is 147 Å². The van der Waals surface area contributed by atoms with Crippen molar-refractivity contribution < 1.29 is 19.0 Å². The first-order valence-electron chi connectivity index (χ1n) is 8.14. The lowest BCUT2D eigenvalue weighted by Crippen LogP contribution is -2.23. The Balaban J connectivity index is 1.80. The quantitative estimate of drug-likeness (QED) is 0.654. The maximum atomic E-state index is 14.9. The minimum absolute atomic E-state index is 0.237. The molecule has 2 atom stereocenters. The van der Waals surface area contributed by atoms with Crippen LogP contribution in [0, 0.1) is 5.82 Å². The molecule has 3 heterocycles.